The van der Waals surface area contributed by atoms with E-state index in [4.69, 9.17) is 9.84 Å². The first-order valence-electron chi connectivity index (χ1n) is 6.75. The van der Waals surface area contributed by atoms with Crippen LogP contribution in [0.15, 0.2) is 18.2 Å². The summed E-state index contributed by atoms with van der Waals surface area (Å²) in [7, 11) is 0. The van der Waals surface area contributed by atoms with Gasteiger partial charge in [-0.25, -0.2) is 4.79 Å². The van der Waals surface area contributed by atoms with E-state index in [0.717, 1.165) is 30.8 Å². The average molecular weight is 263 g/mol. The van der Waals surface area contributed by atoms with Gasteiger partial charge in [-0.05, 0) is 44.0 Å². The van der Waals surface area contributed by atoms with Crippen molar-refractivity contribution in [3.63, 3.8) is 0 Å². The summed E-state index contributed by atoms with van der Waals surface area (Å²) < 4.78 is 5.69. The molecule has 2 rings (SSSR count). The van der Waals surface area contributed by atoms with E-state index in [9.17, 15) is 4.79 Å². The number of carboxylic acids is 1. The van der Waals surface area contributed by atoms with E-state index in [1.54, 1.807) is 6.07 Å². The first kappa shape index (κ1) is 13.9. The van der Waals surface area contributed by atoms with Crippen LogP contribution in [0, 0.1) is 6.92 Å². The zero-order valence-electron chi connectivity index (χ0n) is 11.7. The molecule has 0 spiro atoms. The number of morpholine rings is 1. The predicted molar refractivity (Wildman–Crippen MR) is 75.0 cm³/mol. The Hall–Kier alpha value is -1.55. The van der Waals surface area contributed by atoms with E-state index in [2.05, 4.69) is 18.7 Å². The van der Waals surface area contributed by atoms with Crippen LogP contribution in [0.4, 0.5) is 5.69 Å². The van der Waals surface area contributed by atoms with Crippen molar-refractivity contribution in [3.8, 4) is 0 Å². The van der Waals surface area contributed by atoms with Crippen molar-refractivity contribution in [2.75, 3.05) is 18.1 Å². The summed E-state index contributed by atoms with van der Waals surface area (Å²) in [6.07, 6.45) is 1.23. The second-order valence-corrected chi connectivity index (χ2v) is 5.16. The lowest BCUT2D eigenvalue weighted by Crippen LogP contribution is -2.48. The van der Waals surface area contributed by atoms with Crippen molar-refractivity contribution in [2.45, 2.75) is 39.3 Å². The molecule has 1 fully saturated rings. The number of benzene rings is 1. The molecule has 2 unspecified atom stereocenters. The van der Waals surface area contributed by atoms with E-state index in [-0.39, 0.29) is 6.10 Å². The molecule has 4 heteroatoms. The highest BCUT2D eigenvalue weighted by molar-refractivity contribution is 5.89. The van der Waals surface area contributed by atoms with Gasteiger partial charge in [0, 0.05) is 12.2 Å². The monoisotopic (exact) mass is 263 g/mol. The number of carbonyl (C=O) groups is 1. The molecule has 1 aliphatic heterocycles. The molecule has 0 bridgehead atoms. The van der Waals surface area contributed by atoms with E-state index < -0.39 is 5.97 Å². The van der Waals surface area contributed by atoms with E-state index >= 15 is 0 Å². The molecule has 4 nitrogen and oxygen atoms in total. The Bertz CT molecular complexity index is 472. The Morgan fingerprint density at radius 1 is 1.53 bits per heavy atom. The lowest BCUT2D eigenvalue weighted by molar-refractivity contribution is 0.0299. The van der Waals surface area contributed by atoms with Crippen molar-refractivity contribution in [2.24, 2.45) is 0 Å². The highest BCUT2D eigenvalue weighted by atomic mass is 16.5. The second kappa shape index (κ2) is 5.61. The van der Waals surface area contributed by atoms with Gasteiger partial charge < -0.3 is 14.7 Å². The highest BCUT2D eigenvalue weighted by Gasteiger charge is 2.26. The molecule has 1 aromatic carbocycles. The van der Waals surface area contributed by atoms with E-state index in [1.165, 1.54) is 0 Å². The van der Waals surface area contributed by atoms with Crippen LogP contribution < -0.4 is 4.90 Å². The van der Waals surface area contributed by atoms with Gasteiger partial charge in [0.15, 0.2) is 0 Å². The molecule has 0 aromatic heterocycles. The van der Waals surface area contributed by atoms with E-state index in [1.807, 2.05) is 19.1 Å². The van der Waals surface area contributed by atoms with Gasteiger partial charge >= 0.3 is 5.97 Å². The van der Waals surface area contributed by atoms with Crippen LogP contribution in [0.5, 0.6) is 0 Å². The molecular weight excluding hydrogens is 242 g/mol. The van der Waals surface area contributed by atoms with Crippen LogP contribution in [-0.2, 0) is 4.74 Å². The third-order valence-corrected chi connectivity index (χ3v) is 3.71. The summed E-state index contributed by atoms with van der Waals surface area (Å²) >= 11 is 0. The molecule has 1 saturated heterocycles. The summed E-state index contributed by atoms with van der Waals surface area (Å²) in [5.41, 5.74) is 2.27. The Morgan fingerprint density at radius 2 is 2.26 bits per heavy atom. The van der Waals surface area contributed by atoms with Gasteiger partial charge in [0.2, 0.25) is 0 Å². The number of anilines is 1. The Balaban J connectivity index is 2.29. The van der Waals surface area contributed by atoms with Gasteiger partial charge in [-0.15, -0.1) is 0 Å². The van der Waals surface area contributed by atoms with Crippen molar-refractivity contribution >= 4 is 11.7 Å². The zero-order chi connectivity index (χ0) is 14.0. The van der Waals surface area contributed by atoms with Crippen LogP contribution in [-0.4, -0.2) is 36.4 Å². The Labute approximate surface area is 114 Å². The Morgan fingerprint density at radius 3 is 2.84 bits per heavy atom. The van der Waals surface area contributed by atoms with Crippen LogP contribution in [0.25, 0.3) is 0 Å². The minimum absolute atomic E-state index is 0.210. The number of hydrogen-bond acceptors (Lipinski definition) is 3. The van der Waals surface area contributed by atoms with Crippen LogP contribution in [0.3, 0.4) is 0 Å². The summed E-state index contributed by atoms with van der Waals surface area (Å²) in [5, 5.41) is 9.07. The van der Waals surface area contributed by atoms with Gasteiger partial charge in [-0.3, -0.25) is 0 Å². The van der Waals surface area contributed by atoms with Crippen LogP contribution >= 0.6 is 0 Å². The number of hydrogen-bond donors (Lipinski definition) is 1. The van der Waals surface area contributed by atoms with Crippen molar-refractivity contribution in [1.29, 1.82) is 0 Å². The van der Waals surface area contributed by atoms with Crippen LogP contribution in [0.1, 0.15) is 36.2 Å². The van der Waals surface area contributed by atoms with Crippen molar-refractivity contribution in [3.05, 3.63) is 29.3 Å². The lowest BCUT2D eigenvalue weighted by atomic mass is 10.0. The van der Waals surface area contributed by atoms with Crippen molar-refractivity contribution < 1.29 is 14.6 Å². The molecule has 0 aliphatic carbocycles. The normalized spacial score (nSPS) is 23.4. The number of aromatic carboxylic acids is 1. The Kier molecular flexibility index (Phi) is 4.10. The maximum absolute atomic E-state index is 11.0. The molecule has 0 radical (unpaired) electrons. The first-order valence-corrected chi connectivity index (χ1v) is 6.75. The molecule has 1 N–H and O–H groups in total. The molecule has 0 saturated carbocycles. The molecule has 104 valence electrons. The third kappa shape index (κ3) is 2.89. The number of rotatable bonds is 3. The lowest BCUT2D eigenvalue weighted by Gasteiger charge is -2.40. The summed E-state index contributed by atoms with van der Waals surface area (Å²) in [5.74, 6) is -0.869. The standard InChI is InChI=1S/C15H21NO3/c1-4-12-9-19-11(3)8-16(12)13-5-6-14(15(17)18)10(2)7-13/h5-7,11-12H,4,8-9H2,1-3H3,(H,17,18). The third-order valence-electron chi connectivity index (χ3n) is 3.71. The smallest absolute Gasteiger partial charge is 0.335 e. The fraction of sp³-hybridized carbons (Fsp3) is 0.533. The van der Waals surface area contributed by atoms with Gasteiger partial charge in [-0.1, -0.05) is 6.92 Å². The van der Waals surface area contributed by atoms with E-state index in [0.29, 0.717) is 11.6 Å². The topological polar surface area (TPSA) is 49.8 Å². The number of carboxylic acid groups (broad SMARTS) is 1. The molecule has 1 aromatic rings. The maximum atomic E-state index is 11.0. The second-order valence-electron chi connectivity index (χ2n) is 5.16. The highest BCUT2D eigenvalue weighted by Crippen LogP contribution is 2.25. The van der Waals surface area contributed by atoms with Gasteiger partial charge in [0.05, 0.1) is 24.3 Å². The van der Waals surface area contributed by atoms with Gasteiger partial charge in [0.1, 0.15) is 0 Å². The molecule has 2 atom stereocenters. The summed E-state index contributed by atoms with van der Waals surface area (Å²) in [6.45, 7) is 7.65. The number of ether oxygens (including phenoxy) is 1. The quantitative estimate of drug-likeness (QED) is 0.911. The maximum Gasteiger partial charge on any atom is 0.335 e. The minimum Gasteiger partial charge on any atom is -0.478 e. The number of nitrogens with zero attached hydrogens (tertiary/aromatic N) is 1. The minimum atomic E-state index is -0.869. The fourth-order valence-corrected chi connectivity index (χ4v) is 2.57. The largest absolute Gasteiger partial charge is 0.478 e. The molecular formula is C15H21NO3. The molecule has 0 amide bonds. The SMILES string of the molecule is CCC1COC(C)CN1c1ccc(C(=O)O)c(C)c1. The molecule has 1 heterocycles. The van der Waals surface area contributed by atoms with Gasteiger partial charge in [0.25, 0.3) is 0 Å². The summed E-state index contributed by atoms with van der Waals surface area (Å²) in [4.78, 5) is 13.4. The number of aryl methyl sites for hydroxylation is 1. The fourth-order valence-electron chi connectivity index (χ4n) is 2.57. The van der Waals surface area contributed by atoms with Crippen LogP contribution in [0.2, 0.25) is 0 Å². The molecule has 19 heavy (non-hydrogen) atoms. The zero-order valence-corrected chi connectivity index (χ0v) is 11.7. The van der Waals surface area contributed by atoms with Gasteiger partial charge in [-0.2, -0.15) is 0 Å². The van der Waals surface area contributed by atoms with Crippen molar-refractivity contribution in [1.82, 2.24) is 0 Å². The molecule has 1 aliphatic rings. The predicted octanol–water partition coefficient (Wildman–Crippen LogP) is 2.70. The average Bonchev–Trinajstić information content (AvgIpc) is 2.38. The first-order chi connectivity index (χ1) is 9.02. The summed E-state index contributed by atoms with van der Waals surface area (Å²) in [6, 6.07) is 5.92.